The lowest BCUT2D eigenvalue weighted by Gasteiger charge is -2.08. The molecule has 17 heavy (non-hydrogen) atoms. The van der Waals surface area contributed by atoms with E-state index in [1.165, 1.54) is 12.1 Å². The number of benzene rings is 2. The highest BCUT2D eigenvalue weighted by Gasteiger charge is 2.03. The molecule has 0 aliphatic rings. The molecule has 0 fully saturated rings. The average Bonchev–Trinajstić information content (AvgIpc) is 2.28. The highest BCUT2D eigenvalue weighted by molar-refractivity contribution is 9.10. The first-order chi connectivity index (χ1) is 8.15. The van der Waals surface area contributed by atoms with Gasteiger partial charge in [0.25, 0.3) is 0 Å². The zero-order chi connectivity index (χ0) is 12.3. The summed E-state index contributed by atoms with van der Waals surface area (Å²) in [5.74, 6) is 0.414. The number of rotatable bonds is 3. The zero-order valence-corrected chi connectivity index (χ0v) is 11.1. The molecule has 0 N–H and O–H groups in total. The highest BCUT2D eigenvalue weighted by Crippen LogP contribution is 2.22. The van der Waals surface area contributed by atoms with Crippen LogP contribution in [0.1, 0.15) is 5.56 Å². The molecule has 0 aliphatic heterocycles. The molecule has 4 heteroatoms. The Hall–Kier alpha value is -1.06. The van der Waals surface area contributed by atoms with E-state index < -0.39 is 0 Å². The summed E-state index contributed by atoms with van der Waals surface area (Å²) in [5.41, 5.74) is 0.881. The van der Waals surface area contributed by atoms with Crippen LogP contribution in [0.5, 0.6) is 5.75 Å². The second-order valence-corrected chi connectivity index (χ2v) is 4.77. The topological polar surface area (TPSA) is 9.23 Å². The van der Waals surface area contributed by atoms with Gasteiger partial charge in [-0.3, -0.25) is 0 Å². The molecule has 0 atom stereocenters. The third-order valence-electron chi connectivity index (χ3n) is 2.21. The van der Waals surface area contributed by atoms with Crippen molar-refractivity contribution >= 4 is 27.5 Å². The molecule has 0 heterocycles. The minimum Gasteiger partial charge on any atom is -0.489 e. The molecule has 0 saturated carbocycles. The molecule has 88 valence electrons. The third kappa shape index (κ3) is 3.45. The van der Waals surface area contributed by atoms with E-state index in [2.05, 4.69) is 15.9 Å². The Kier molecular flexibility index (Phi) is 4.02. The maximum Gasteiger partial charge on any atom is 0.124 e. The predicted octanol–water partition coefficient (Wildman–Crippen LogP) is 4.82. The van der Waals surface area contributed by atoms with Crippen molar-refractivity contribution in [3.8, 4) is 5.75 Å². The molecule has 0 saturated heterocycles. The molecule has 0 radical (unpaired) electrons. The van der Waals surface area contributed by atoms with Crippen LogP contribution >= 0.6 is 27.5 Å². The van der Waals surface area contributed by atoms with Crippen LogP contribution < -0.4 is 4.74 Å². The second-order valence-electron chi connectivity index (χ2n) is 3.48. The predicted molar refractivity (Wildman–Crippen MR) is 69.9 cm³/mol. The molecular formula is C13H9BrClFO. The smallest absolute Gasteiger partial charge is 0.124 e. The number of hydrogen-bond acceptors (Lipinski definition) is 1. The Labute approximate surface area is 112 Å². The maximum absolute atomic E-state index is 12.9. The van der Waals surface area contributed by atoms with Crippen molar-refractivity contribution in [2.45, 2.75) is 6.61 Å². The highest BCUT2D eigenvalue weighted by atomic mass is 79.9. The molecule has 0 unspecified atom stereocenters. The van der Waals surface area contributed by atoms with Gasteiger partial charge in [0, 0.05) is 15.1 Å². The van der Waals surface area contributed by atoms with Crippen molar-refractivity contribution in [1.29, 1.82) is 0 Å². The molecular weight excluding hydrogens is 306 g/mol. The minimum atomic E-state index is -0.275. The van der Waals surface area contributed by atoms with Crippen molar-refractivity contribution < 1.29 is 9.13 Å². The van der Waals surface area contributed by atoms with E-state index in [0.29, 0.717) is 21.9 Å². The SMILES string of the molecule is Fc1ccc(COc2cccc(Cl)c2)c(Br)c1. The van der Waals surface area contributed by atoms with Gasteiger partial charge in [-0.2, -0.15) is 0 Å². The van der Waals surface area contributed by atoms with E-state index in [-0.39, 0.29) is 5.82 Å². The van der Waals surface area contributed by atoms with Crippen LogP contribution in [0, 0.1) is 5.82 Å². The van der Waals surface area contributed by atoms with Gasteiger partial charge in [0.15, 0.2) is 0 Å². The molecule has 2 rings (SSSR count). The van der Waals surface area contributed by atoms with E-state index in [1.807, 2.05) is 12.1 Å². The number of ether oxygens (including phenoxy) is 1. The van der Waals surface area contributed by atoms with Crippen molar-refractivity contribution in [1.82, 2.24) is 0 Å². The van der Waals surface area contributed by atoms with Crippen LogP contribution in [0.4, 0.5) is 4.39 Å². The van der Waals surface area contributed by atoms with Gasteiger partial charge < -0.3 is 4.74 Å². The Morgan fingerprint density at radius 3 is 2.71 bits per heavy atom. The molecule has 1 nitrogen and oxygen atoms in total. The number of hydrogen-bond donors (Lipinski definition) is 0. The summed E-state index contributed by atoms with van der Waals surface area (Å²) >= 11 is 9.13. The normalized spacial score (nSPS) is 10.3. The van der Waals surface area contributed by atoms with Gasteiger partial charge in [0.2, 0.25) is 0 Å². The Morgan fingerprint density at radius 2 is 2.00 bits per heavy atom. The first-order valence-electron chi connectivity index (χ1n) is 4.97. The van der Waals surface area contributed by atoms with Gasteiger partial charge in [0.1, 0.15) is 18.2 Å². The molecule has 0 aliphatic carbocycles. The van der Waals surface area contributed by atoms with Crippen LogP contribution in [-0.4, -0.2) is 0 Å². The lowest BCUT2D eigenvalue weighted by atomic mass is 10.2. The van der Waals surface area contributed by atoms with Crippen molar-refractivity contribution in [2.75, 3.05) is 0 Å². The first kappa shape index (κ1) is 12.4. The summed E-state index contributed by atoms with van der Waals surface area (Å²) in [6.45, 7) is 0.362. The lowest BCUT2D eigenvalue weighted by Crippen LogP contribution is -1.96. The van der Waals surface area contributed by atoms with E-state index in [0.717, 1.165) is 5.56 Å². The van der Waals surface area contributed by atoms with Crippen LogP contribution in [-0.2, 0) is 6.61 Å². The van der Waals surface area contributed by atoms with Gasteiger partial charge in [-0.1, -0.05) is 39.7 Å². The zero-order valence-electron chi connectivity index (χ0n) is 8.79. The fourth-order valence-corrected chi connectivity index (χ4v) is 2.00. The summed E-state index contributed by atoms with van der Waals surface area (Å²) in [5, 5.41) is 0.626. The summed E-state index contributed by atoms with van der Waals surface area (Å²) in [7, 11) is 0. The Bertz CT molecular complexity index is 531. The Balaban J connectivity index is 2.07. The first-order valence-corrected chi connectivity index (χ1v) is 6.14. The lowest BCUT2D eigenvalue weighted by molar-refractivity contribution is 0.305. The third-order valence-corrected chi connectivity index (χ3v) is 3.18. The second kappa shape index (κ2) is 5.52. The Morgan fingerprint density at radius 1 is 1.18 bits per heavy atom. The van der Waals surface area contributed by atoms with Crippen LogP contribution in [0.15, 0.2) is 46.9 Å². The van der Waals surface area contributed by atoms with Crippen LogP contribution in [0.25, 0.3) is 0 Å². The monoisotopic (exact) mass is 314 g/mol. The van der Waals surface area contributed by atoms with E-state index >= 15 is 0 Å². The van der Waals surface area contributed by atoms with Gasteiger partial charge in [-0.25, -0.2) is 4.39 Å². The van der Waals surface area contributed by atoms with E-state index in [4.69, 9.17) is 16.3 Å². The van der Waals surface area contributed by atoms with E-state index in [9.17, 15) is 4.39 Å². The van der Waals surface area contributed by atoms with Gasteiger partial charge >= 0.3 is 0 Å². The fourth-order valence-electron chi connectivity index (χ4n) is 1.36. The van der Waals surface area contributed by atoms with Gasteiger partial charge in [-0.15, -0.1) is 0 Å². The largest absolute Gasteiger partial charge is 0.489 e. The van der Waals surface area contributed by atoms with Crippen molar-refractivity contribution in [3.63, 3.8) is 0 Å². The fraction of sp³-hybridized carbons (Fsp3) is 0.0769. The quantitative estimate of drug-likeness (QED) is 0.789. The molecule has 2 aromatic carbocycles. The molecule has 2 aromatic rings. The molecule has 0 bridgehead atoms. The summed E-state index contributed by atoms with van der Waals surface area (Å²) < 4.78 is 19.1. The maximum atomic E-state index is 12.9. The van der Waals surface area contributed by atoms with Gasteiger partial charge in [0.05, 0.1) is 0 Å². The van der Waals surface area contributed by atoms with E-state index in [1.54, 1.807) is 18.2 Å². The van der Waals surface area contributed by atoms with Crippen molar-refractivity contribution in [3.05, 3.63) is 63.3 Å². The molecule has 0 spiro atoms. The summed E-state index contributed by atoms with van der Waals surface area (Å²) in [4.78, 5) is 0. The van der Waals surface area contributed by atoms with Crippen LogP contribution in [0.3, 0.4) is 0 Å². The summed E-state index contributed by atoms with van der Waals surface area (Å²) in [6.07, 6.45) is 0. The average molecular weight is 316 g/mol. The summed E-state index contributed by atoms with van der Waals surface area (Å²) in [6, 6.07) is 11.7. The van der Waals surface area contributed by atoms with Crippen molar-refractivity contribution in [2.24, 2.45) is 0 Å². The molecule has 0 amide bonds. The standard InChI is InChI=1S/C13H9BrClFO/c14-13-7-11(16)5-4-9(13)8-17-12-3-1-2-10(15)6-12/h1-7H,8H2. The van der Waals surface area contributed by atoms with Gasteiger partial charge in [-0.05, 0) is 30.3 Å². The van der Waals surface area contributed by atoms with Crippen LogP contribution in [0.2, 0.25) is 5.02 Å². The molecule has 0 aromatic heterocycles. The minimum absolute atomic E-state index is 0.275. The number of halogens is 3.